The molecule has 0 spiro atoms. The SMILES string of the molecule is O=C(CCC(=O)c1ccc2c(c1)CCCC2)OCC(=O)N1CCOCC1. The predicted molar refractivity (Wildman–Crippen MR) is 95.0 cm³/mol. The first-order chi connectivity index (χ1) is 12.6. The molecule has 0 saturated carbocycles. The van der Waals surface area contributed by atoms with Gasteiger partial charge in [0.1, 0.15) is 0 Å². The largest absolute Gasteiger partial charge is 0.456 e. The molecule has 1 saturated heterocycles. The molecule has 140 valence electrons. The summed E-state index contributed by atoms with van der Waals surface area (Å²) in [6.07, 6.45) is 4.55. The van der Waals surface area contributed by atoms with Crippen LogP contribution in [-0.2, 0) is 31.9 Å². The fraction of sp³-hybridized carbons (Fsp3) is 0.550. The van der Waals surface area contributed by atoms with Crippen LogP contribution in [0.3, 0.4) is 0 Å². The van der Waals surface area contributed by atoms with E-state index in [2.05, 4.69) is 0 Å². The second-order valence-corrected chi connectivity index (χ2v) is 6.77. The summed E-state index contributed by atoms with van der Waals surface area (Å²) >= 11 is 0. The third-order valence-electron chi connectivity index (χ3n) is 4.95. The Bertz CT molecular complexity index is 679. The van der Waals surface area contributed by atoms with Gasteiger partial charge >= 0.3 is 5.97 Å². The molecule has 0 N–H and O–H groups in total. The van der Waals surface area contributed by atoms with Crippen molar-refractivity contribution >= 4 is 17.7 Å². The minimum absolute atomic E-state index is 0.00763. The minimum atomic E-state index is -0.516. The maximum atomic E-state index is 12.3. The summed E-state index contributed by atoms with van der Waals surface area (Å²) in [5, 5.41) is 0. The summed E-state index contributed by atoms with van der Waals surface area (Å²) in [6.45, 7) is 1.79. The lowest BCUT2D eigenvalue weighted by Crippen LogP contribution is -2.42. The van der Waals surface area contributed by atoms with Crippen molar-refractivity contribution in [3.8, 4) is 0 Å². The number of ketones is 1. The summed E-state index contributed by atoms with van der Waals surface area (Å²) in [4.78, 5) is 37.7. The van der Waals surface area contributed by atoms with E-state index in [1.807, 2.05) is 18.2 Å². The van der Waals surface area contributed by atoms with Gasteiger partial charge in [0.05, 0.1) is 19.6 Å². The van der Waals surface area contributed by atoms with Gasteiger partial charge in [-0.3, -0.25) is 14.4 Å². The van der Waals surface area contributed by atoms with Gasteiger partial charge in [-0.25, -0.2) is 0 Å². The first-order valence-electron chi connectivity index (χ1n) is 9.29. The van der Waals surface area contributed by atoms with Gasteiger partial charge in [-0.15, -0.1) is 0 Å². The quantitative estimate of drug-likeness (QED) is 0.573. The second-order valence-electron chi connectivity index (χ2n) is 6.77. The molecule has 6 heteroatoms. The van der Waals surface area contributed by atoms with Crippen molar-refractivity contribution < 1.29 is 23.9 Å². The molecule has 1 fully saturated rings. The van der Waals surface area contributed by atoms with Gasteiger partial charge < -0.3 is 14.4 Å². The molecule has 3 rings (SSSR count). The monoisotopic (exact) mass is 359 g/mol. The van der Waals surface area contributed by atoms with E-state index in [-0.39, 0.29) is 31.1 Å². The van der Waals surface area contributed by atoms with Gasteiger partial charge in [-0.2, -0.15) is 0 Å². The number of nitrogens with zero attached hydrogens (tertiary/aromatic N) is 1. The van der Waals surface area contributed by atoms with Crippen LogP contribution in [0.25, 0.3) is 0 Å². The number of amides is 1. The molecule has 0 unspecified atom stereocenters. The molecule has 1 heterocycles. The Labute approximate surface area is 153 Å². The molecule has 26 heavy (non-hydrogen) atoms. The Hall–Kier alpha value is -2.21. The third-order valence-corrected chi connectivity index (χ3v) is 4.95. The highest BCUT2D eigenvalue weighted by Gasteiger charge is 2.19. The van der Waals surface area contributed by atoms with Crippen LogP contribution in [-0.4, -0.2) is 55.5 Å². The van der Waals surface area contributed by atoms with Gasteiger partial charge in [0.2, 0.25) is 0 Å². The number of esters is 1. The van der Waals surface area contributed by atoms with E-state index >= 15 is 0 Å². The lowest BCUT2D eigenvalue weighted by molar-refractivity contribution is -0.153. The lowest BCUT2D eigenvalue weighted by atomic mass is 9.89. The molecule has 0 bridgehead atoms. The van der Waals surface area contributed by atoms with Crippen LogP contribution in [0.15, 0.2) is 18.2 Å². The number of Topliss-reactive ketones (excluding diaryl/α,β-unsaturated/α-hetero) is 1. The van der Waals surface area contributed by atoms with Crippen LogP contribution in [0.2, 0.25) is 0 Å². The fourth-order valence-electron chi connectivity index (χ4n) is 3.39. The van der Waals surface area contributed by atoms with Crippen molar-refractivity contribution in [1.29, 1.82) is 0 Å². The molecule has 0 radical (unpaired) electrons. The van der Waals surface area contributed by atoms with Crippen LogP contribution in [0.4, 0.5) is 0 Å². The lowest BCUT2D eigenvalue weighted by Gasteiger charge is -2.26. The number of carbonyl (C=O) groups is 3. The number of aryl methyl sites for hydroxylation is 2. The standard InChI is InChI=1S/C20H25NO5/c22-18(17-6-5-15-3-1-2-4-16(15)13-17)7-8-20(24)26-14-19(23)21-9-11-25-12-10-21/h5-6,13H,1-4,7-12,14H2. The number of benzene rings is 1. The summed E-state index contributed by atoms with van der Waals surface area (Å²) in [5.41, 5.74) is 3.23. The average molecular weight is 359 g/mol. The van der Waals surface area contributed by atoms with E-state index in [1.54, 1.807) is 4.90 Å². The van der Waals surface area contributed by atoms with Crippen molar-refractivity contribution in [3.63, 3.8) is 0 Å². The summed E-state index contributed by atoms with van der Waals surface area (Å²) < 4.78 is 10.2. The van der Waals surface area contributed by atoms with Crippen molar-refractivity contribution in [3.05, 3.63) is 34.9 Å². The number of carbonyl (C=O) groups excluding carboxylic acids is 3. The van der Waals surface area contributed by atoms with E-state index in [9.17, 15) is 14.4 Å². The Balaban J connectivity index is 1.42. The molecule has 6 nitrogen and oxygen atoms in total. The van der Waals surface area contributed by atoms with Crippen molar-refractivity contribution in [2.24, 2.45) is 0 Å². The highest BCUT2D eigenvalue weighted by molar-refractivity contribution is 5.97. The number of fused-ring (bicyclic) bond motifs is 1. The molecule has 1 aromatic rings. The first kappa shape index (κ1) is 18.6. The smallest absolute Gasteiger partial charge is 0.306 e. The molecule has 2 aliphatic rings. The van der Waals surface area contributed by atoms with Crippen molar-refractivity contribution in [2.75, 3.05) is 32.9 Å². The highest BCUT2D eigenvalue weighted by atomic mass is 16.5. The normalized spacial score (nSPS) is 16.7. The summed E-state index contributed by atoms with van der Waals surface area (Å²) in [5.74, 6) is -0.796. The molecular formula is C20H25NO5. The van der Waals surface area contributed by atoms with Gasteiger partial charge in [0, 0.05) is 25.1 Å². The van der Waals surface area contributed by atoms with E-state index < -0.39 is 5.97 Å². The third kappa shape index (κ3) is 4.91. The van der Waals surface area contributed by atoms with E-state index in [1.165, 1.54) is 17.5 Å². The zero-order valence-electron chi connectivity index (χ0n) is 15.0. The molecule has 1 aliphatic carbocycles. The first-order valence-corrected chi connectivity index (χ1v) is 9.29. The Kier molecular flexibility index (Phi) is 6.39. The molecule has 1 aromatic carbocycles. The molecule has 0 aromatic heterocycles. The summed E-state index contributed by atoms with van der Waals surface area (Å²) in [7, 11) is 0. The number of hydrogen-bond donors (Lipinski definition) is 0. The van der Waals surface area contributed by atoms with Gasteiger partial charge in [0.15, 0.2) is 12.4 Å². The van der Waals surface area contributed by atoms with E-state index in [0.717, 1.165) is 19.3 Å². The Morgan fingerprint density at radius 1 is 1.00 bits per heavy atom. The van der Waals surface area contributed by atoms with Gasteiger partial charge in [0.25, 0.3) is 5.91 Å². The van der Waals surface area contributed by atoms with Crippen molar-refractivity contribution in [2.45, 2.75) is 38.5 Å². The van der Waals surface area contributed by atoms with Crippen LogP contribution in [0, 0.1) is 0 Å². The summed E-state index contributed by atoms with van der Waals surface area (Å²) in [6, 6.07) is 5.84. The van der Waals surface area contributed by atoms with E-state index in [0.29, 0.717) is 31.9 Å². The Morgan fingerprint density at radius 2 is 1.73 bits per heavy atom. The zero-order valence-corrected chi connectivity index (χ0v) is 15.0. The minimum Gasteiger partial charge on any atom is -0.456 e. The van der Waals surface area contributed by atoms with Gasteiger partial charge in [-0.05, 0) is 42.9 Å². The topological polar surface area (TPSA) is 72.9 Å². The molecular weight excluding hydrogens is 334 g/mol. The predicted octanol–water partition coefficient (Wildman–Crippen LogP) is 1.93. The molecule has 0 atom stereocenters. The average Bonchev–Trinajstić information content (AvgIpc) is 2.70. The number of morpholine rings is 1. The van der Waals surface area contributed by atoms with Crippen LogP contribution in [0.5, 0.6) is 0 Å². The number of ether oxygens (including phenoxy) is 2. The molecule has 1 amide bonds. The van der Waals surface area contributed by atoms with Crippen molar-refractivity contribution in [1.82, 2.24) is 4.90 Å². The van der Waals surface area contributed by atoms with Crippen LogP contribution >= 0.6 is 0 Å². The maximum Gasteiger partial charge on any atom is 0.306 e. The van der Waals surface area contributed by atoms with E-state index in [4.69, 9.17) is 9.47 Å². The molecule has 1 aliphatic heterocycles. The van der Waals surface area contributed by atoms with Crippen LogP contribution < -0.4 is 0 Å². The number of hydrogen-bond acceptors (Lipinski definition) is 5. The zero-order chi connectivity index (χ0) is 18.4. The second kappa shape index (κ2) is 8.94. The maximum absolute atomic E-state index is 12.3. The fourth-order valence-corrected chi connectivity index (χ4v) is 3.39. The number of rotatable bonds is 6. The Morgan fingerprint density at radius 3 is 2.50 bits per heavy atom. The van der Waals surface area contributed by atoms with Gasteiger partial charge in [-0.1, -0.05) is 12.1 Å². The highest BCUT2D eigenvalue weighted by Crippen LogP contribution is 2.23. The van der Waals surface area contributed by atoms with Crippen LogP contribution in [0.1, 0.15) is 47.2 Å².